The Morgan fingerprint density at radius 3 is 2.69 bits per heavy atom. The maximum atomic E-state index is 3.29. The van der Waals surface area contributed by atoms with E-state index >= 15 is 0 Å². The van der Waals surface area contributed by atoms with E-state index in [2.05, 4.69) is 42.3 Å². The van der Waals surface area contributed by atoms with Crippen molar-refractivity contribution in [1.29, 1.82) is 0 Å². The van der Waals surface area contributed by atoms with E-state index in [9.17, 15) is 0 Å². The van der Waals surface area contributed by atoms with Gasteiger partial charge in [-0.15, -0.1) is 0 Å². The quantitative estimate of drug-likeness (QED) is 0.623. The first-order valence-electron chi connectivity index (χ1n) is 4.53. The summed E-state index contributed by atoms with van der Waals surface area (Å²) in [6.45, 7) is 2.15. The van der Waals surface area contributed by atoms with Crippen LogP contribution in [0.15, 0.2) is 36.4 Å². The Hall–Kier alpha value is -1.37. The van der Waals surface area contributed by atoms with Crippen molar-refractivity contribution >= 4 is 6.21 Å². The highest BCUT2D eigenvalue weighted by Gasteiger charge is 2.19. The molecule has 1 unspecified atom stereocenters. The van der Waals surface area contributed by atoms with E-state index < -0.39 is 0 Å². The Kier molecular flexibility index (Phi) is 2.01. The summed E-state index contributed by atoms with van der Waals surface area (Å²) in [5, 5.41) is 0. The fourth-order valence-electron chi connectivity index (χ4n) is 1.60. The normalized spacial score (nSPS) is 25.3. The van der Waals surface area contributed by atoms with Crippen LogP contribution in [0.4, 0.5) is 0 Å². The van der Waals surface area contributed by atoms with Crippen molar-refractivity contribution in [2.75, 3.05) is 0 Å². The Balaban J connectivity index is 2.15. The van der Waals surface area contributed by atoms with Gasteiger partial charge in [0.05, 0.1) is 5.54 Å². The molecule has 0 amide bonds. The van der Waals surface area contributed by atoms with Crippen molar-refractivity contribution in [3.8, 4) is 0 Å². The first-order valence-corrected chi connectivity index (χ1v) is 4.53. The molecule has 2 rings (SSSR count). The summed E-state index contributed by atoms with van der Waals surface area (Å²) in [5.41, 5.74) is 1.33. The van der Waals surface area contributed by atoms with Crippen LogP contribution in [-0.2, 0) is 6.42 Å². The highest BCUT2D eigenvalue weighted by atomic mass is 14.8. The minimum atomic E-state index is -0.0125. The Morgan fingerprint density at radius 1 is 1.31 bits per heavy atom. The second-order valence-electron chi connectivity index (χ2n) is 3.62. The van der Waals surface area contributed by atoms with E-state index in [-0.39, 0.29) is 5.54 Å². The summed E-state index contributed by atoms with van der Waals surface area (Å²) in [6, 6.07) is 10.5. The van der Waals surface area contributed by atoms with Gasteiger partial charge in [0.2, 0.25) is 0 Å². The molecule has 0 aromatic heterocycles. The first kappa shape index (κ1) is 8.24. The lowest BCUT2D eigenvalue weighted by Gasteiger charge is -2.18. The molecule has 1 aliphatic heterocycles. The van der Waals surface area contributed by atoms with E-state index in [0.29, 0.717) is 0 Å². The van der Waals surface area contributed by atoms with Gasteiger partial charge in [-0.2, -0.15) is 12.2 Å². The average Bonchev–Trinajstić information content (AvgIpc) is 2.54. The maximum absolute atomic E-state index is 3.29. The number of hydrogen-bond acceptors (Lipinski definition) is 0. The topological polar surface area (TPSA) is 14.0 Å². The molecule has 0 aliphatic carbocycles. The van der Waals surface area contributed by atoms with E-state index in [0.717, 1.165) is 6.42 Å². The van der Waals surface area contributed by atoms with Gasteiger partial charge in [-0.05, 0) is 12.5 Å². The van der Waals surface area contributed by atoms with Gasteiger partial charge >= 0.3 is 0 Å². The molecule has 0 radical (unpaired) electrons. The number of rotatable bonds is 2. The SMILES string of the molecule is CC1(Cc2ccccc2)[C-]=CC=[NH+]1. The van der Waals surface area contributed by atoms with Crippen molar-refractivity contribution in [1.82, 2.24) is 0 Å². The minimum Gasteiger partial charge on any atom is -0.334 e. The van der Waals surface area contributed by atoms with Crippen LogP contribution < -0.4 is 4.99 Å². The standard InChI is InChI=1S/C12H12N/c1-12(8-5-9-13-12)10-11-6-3-2-4-7-11/h2-7,9H,10H2,1H3/q-1/p+1. The van der Waals surface area contributed by atoms with Crippen LogP contribution in [0.5, 0.6) is 0 Å². The lowest BCUT2D eigenvalue weighted by Crippen LogP contribution is -2.82. The van der Waals surface area contributed by atoms with Gasteiger partial charge in [0.25, 0.3) is 0 Å². The zero-order chi connectivity index (χ0) is 9.15. The predicted molar refractivity (Wildman–Crippen MR) is 53.4 cm³/mol. The molecule has 0 bridgehead atoms. The third-order valence-electron chi connectivity index (χ3n) is 2.29. The summed E-state index contributed by atoms with van der Waals surface area (Å²) < 4.78 is 0. The molecular formula is C12H13N. The molecule has 1 heteroatoms. The van der Waals surface area contributed by atoms with Crippen LogP contribution in [0.2, 0.25) is 0 Å². The summed E-state index contributed by atoms with van der Waals surface area (Å²) in [4.78, 5) is 3.29. The largest absolute Gasteiger partial charge is 0.334 e. The van der Waals surface area contributed by atoms with Crippen molar-refractivity contribution in [2.24, 2.45) is 0 Å². The number of allylic oxidation sites excluding steroid dienone is 1. The zero-order valence-electron chi connectivity index (χ0n) is 7.75. The van der Waals surface area contributed by atoms with Crippen molar-refractivity contribution in [3.05, 3.63) is 48.0 Å². The highest BCUT2D eigenvalue weighted by molar-refractivity contribution is 5.66. The zero-order valence-corrected chi connectivity index (χ0v) is 7.75. The molecule has 1 aromatic carbocycles. The lowest BCUT2D eigenvalue weighted by atomic mass is 9.94. The van der Waals surface area contributed by atoms with Crippen LogP contribution in [0.1, 0.15) is 12.5 Å². The van der Waals surface area contributed by atoms with Crippen LogP contribution in [0.25, 0.3) is 0 Å². The van der Waals surface area contributed by atoms with Crippen LogP contribution in [0, 0.1) is 6.08 Å². The summed E-state index contributed by atoms with van der Waals surface area (Å²) in [5.74, 6) is 0. The second kappa shape index (κ2) is 3.17. The van der Waals surface area contributed by atoms with Crippen molar-refractivity contribution in [2.45, 2.75) is 18.9 Å². The second-order valence-corrected chi connectivity index (χ2v) is 3.62. The van der Waals surface area contributed by atoms with E-state index in [1.54, 1.807) is 0 Å². The molecule has 1 aliphatic rings. The third-order valence-corrected chi connectivity index (χ3v) is 2.29. The molecule has 0 saturated carbocycles. The molecule has 13 heavy (non-hydrogen) atoms. The molecular weight excluding hydrogens is 158 g/mol. The number of hydrogen-bond donors (Lipinski definition) is 1. The lowest BCUT2D eigenvalue weighted by molar-refractivity contribution is -0.526. The van der Waals surface area contributed by atoms with Gasteiger partial charge in [0.1, 0.15) is 0 Å². The molecule has 1 N–H and O–H groups in total. The van der Waals surface area contributed by atoms with Crippen molar-refractivity contribution < 1.29 is 4.99 Å². The van der Waals surface area contributed by atoms with Crippen LogP contribution in [-0.4, -0.2) is 11.8 Å². The number of nitrogens with one attached hydrogen (secondary N) is 1. The summed E-state index contributed by atoms with van der Waals surface area (Å²) in [6.07, 6.45) is 8.17. The Labute approximate surface area is 78.8 Å². The minimum absolute atomic E-state index is 0.0125. The maximum Gasteiger partial charge on any atom is 0.0938 e. The molecule has 0 saturated heterocycles. The van der Waals surface area contributed by atoms with Gasteiger partial charge in [0.15, 0.2) is 0 Å². The monoisotopic (exact) mass is 171 g/mol. The fourth-order valence-corrected chi connectivity index (χ4v) is 1.60. The van der Waals surface area contributed by atoms with Gasteiger partial charge < -0.3 is 4.99 Å². The van der Waals surface area contributed by atoms with E-state index in [1.807, 2.05) is 18.4 Å². The third kappa shape index (κ3) is 1.86. The van der Waals surface area contributed by atoms with Gasteiger partial charge in [-0.25, -0.2) is 0 Å². The molecule has 66 valence electrons. The molecule has 1 aromatic rings. The highest BCUT2D eigenvalue weighted by Crippen LogP contribution is 2.10. The van der Waals surface area contributed by atoms with Gasteiger partial charge in [0, 0.05) is 12.6 Å². The molecule has 1 nitrogen and oxygen atoms in total. The van der Waals surface area contributed by atoms with Crippen molar-refractivity contribution in [3.63, 3.8) is 0 Å². The van der Waals surface area contributed by atoms with E-state index in [4.69, 9.17) is 0 Å². The van der Waals surface area contributed by atoms with Crippen LogP contribution in [0.3, 0.4) is 0 Å². The molecule has 1 atom stereocenters. The molecule has 0 spiro atoms. The van der Waals surface area contributed by atoms with Crippen LogP contribution >= 0.6 is 0 Å². The first-order chi connectivity index (χ1) is 6.29. The average molecular weight is 171 g/mol. The summed E-state index contributed by atoms with van der Waals surface area (Å²) >= 11 is 0. The Bertz CT molecular complexity index is 323. The number of benzene rings is 1. The van der Waals surface area contributed by atoms with E-state index in [1.165, 1.54) is 5.56 Å². The predicted octanol–water partition coefficient (Wildman–Crippen LogP) is 0.512. The van der Waals surface area contributed by atoms with Gasteiger partial charge in [-0.3, -0.25) is 0 Å². The molecule has 0 fully saturated rings. The fraction of sp³-hybridized carbons (Fsp3) is 0.250. The smallest absolute Gasteiger partial charge is 0.0938 e. The molecule has 1 heterocycles. The van der Waals surface area contributed by atoms with Gasteiger partial charge in [-0.1, -0.05) is 30.3 Å². The summed E-state index contributed by atoms with van der Waals surface area (Å²) in [7, 11) is 0. The Morgan fingerprint density at radius 2 is 2.08 bits per heavy atom.